The first kappa shape index (κ1) is 20.4. The third-order valence-electron chi connectivity index (χ3n) is 5.05. The van der Waals surface area contributed by atoms with Gasteiger partial charge in [0.25, 0.3) is 0 Å². The fraction of sp³-hybridized carbons (Fsp3) is 0.107. The van der Waals surface area contributed by atoms with Gasteiger partial charge in [0, 0.05) is 0 Å². The van der Waals surface area contributed by atoms with Gasteiger partial charge in [0.05, 0.1) is 5.56 Å². The van der Waals surface area contributed by atoms with Gasteiger partial charge in [0.15, 0.2) is 6.10 Å². The Bertz CT molecular complexity index is 1060. The second-order valence-electron chi connectivity index (χ2n) is 7.41. The van der Waals surface area contributed by atoms with E-state index in [1.165, 1.54) is 5.56 Å². The van der Waals surface area contributed by atoms with Crippen molar-refractivity contribution in [3.8, 4) is 5.75 Å². The third-order valence-corrected chi connectivity index (χ3v) is 5.05. The van der Waals surface area contributed by atoms with Crippen molar-refractivity contribution in [2.45, 2.75) is 19.6 Å². The van der Waals surface area contributed by atoms with E-state index in [2.05, 4.69) is 0 Å². The average molecular weight is 408 g/mol. The van der Waals surface area contributed by atoms with Gasteiger partial charge in [-0.2, -0.15) is 0 Å². The van der Waals surface area contributed by atoms with E-state index in [0.29, 0.717) is 12.2 Å². The number of esters is 1. The summed E-state index contributed by atoms with van der Waals surface area (Å²) >= 11 is 0. The molecule has 0 heterocycles. The lowest BCUT2D eigenvalue weighted by atomic mass is 10.0. The number of carbonyl (C=O) groups is 1. The van der Waals surface area contributed by atoms with Crippen LogP contribution in [0.5, 0.6) is 5.75 Å². The lowest BCUT2D eigenvalue weighted by Gasteiger charge is -2.19. The number of ether oxygens (including phenoxy) is 2. The number of benzene rings is 4. The number of aryl methyl sites for hydroxylation is 1. The molecule has 0 saturated carbocycles. The molecule has 4 aromatic carbocycles. The molecule has 0 aliphatic carbocycles. The Labute approximate surface area is 182 Å². The van der Waals surface area contributed by atoms with Crippen LogP contribution in [0.4, 0.5) is 0 Å². The summed E-state index contributed by atoms with van der Waals surface area (Å²) < 4.78 is 11.7. The van der Waals surface area contributed by atoms with Crippen molar-refractivity contribution < 1.29 is 14.3 Å². The predicted molar refractivity (Wildman–Crippen MR) is 122 cm³/mol. The quantitative estimate of drug-likeness (QED) is 0.327. The van der Waals surface area contributed by atoms with Gasteiger partial charge in [0.1, 0.15) is 12.4 Å². The molecule has 0 bridgehead atoms. The normalized spacial score (nSPS) is 10.6. The number of hydrogen-bond donors (Lipinski definition) is 0. The van der Waals surface area contributed by atoms with E-state index >= 15 is 0 Å². The van der Waals surface area contributed by atoms with Crippen LogP contribution in [0, 0.1) is 6.92 Å². The molecule has 4 rings (SSSR count). The molecule has 4 aromatic rings. The first-order valence-electron chi connectivity index (χ1n) is 10.3. The summed E-state index contributed by atoms with van der Waals surface area (Å²) in [6.07, 6.45) is -0.459. The second-order valence-corrected chi connectivity index (χ2v) is 7.41. The Hall–Kier alpha value is -3.85. The van der Waals surface area contributed by atoms with Crippen LogP contribution in [-0.2, 0) is 11.3 Å². The van der Waals surface area contributed by atoms with Gasteiger partial charge in [-0.15, -0.1) is 0 Å². The fourth-order valence-electron chi connectivity index (χ4n) is 3.30. The monoisotopic (exact) mass is 408 g/mol. The molecule has 0 atom stereocenters. The number of carbonyl (C=O) groups excluding carboxylic acids is 1. The first-order chi connectivity index (χ1) is 15.2. The maximum Gasteiger partial charge on any atom is 0.339 e. The number of hydrogen-bond acceptors (Lipinski definition) is 3. The zero-order valence-corrected chi connectivity index (χ0v) is 17.4. The molecule has 0 amide bonds. The van der Waals surface area contributed by atoms with Crippen molar-refractivity contribution in [3.63, 3.8) is 0 Å². The molecule has 0 aliphatic rings. The van der Waals surface area contributed by atoms with E-state index in [4.69, 9.17) is 9.47 Å². The highest BCUT2D eigenvalue weighted by molar-refractivity contribution is 5.89. The van der Waals surface area contributed by atoms with Gasteiger partial charge < -0.3 is 9.47 Å². The molecule has 0 spiro atoms. The van der Waals surface area contributed by atoms with Crippen molar-refractivity contribution in [3.05, 3.63) is 137 Å². The van der Waals surface area contributed by atoms with Crippen LogP contribution in [0.3, 0.4) is 0 Å². The molecule has 0 unspecified atom stereocenters. The molecule has 3 heteroatoms. The lowest BCUT2D eigenvalue weighted by Crippen LogP contribution is -2.13. The fourth-order valence-corrected chi connectivity index (χ4v) is 3.30. The summed E-state index contributed by atoms with van der Waals surface area (Å²) in [6.45, 7) is 2.48. The third kappa shape index (κ3) is 5.40. The minimum atomic E-state index is -0.459. The molecule has 0 radical (unpaired) electrons. The van der Waals surface area contributed by atoms with E-state index in [9.17, 15) is 4.79 Å². The highest BCUT2D eigenvalue weighted by Gasteiger charge is 2.19. The van der Waals surface area contributed by atoms with E-state index in [1.807, 2.05) is 104 Å². The van der Waals surface area contributed by atoms with Crippen molar-refractivity contribution in [2.75, 3.05) is 0 Å². The highest BCUT2D eigenvalue weighted by Crippen LogP contribution is 2.27. The van der Waals surface area contributed by atoms with Crippen LogP contribution in [0.2, 0.25) is 0 Å². The van der Waals surface area contributed by atoms with Crippen LogP contribution >= 0.6 is 0 Å². The highest BCUT2D eigenvalue weighted by atomic mass is 16.5. The predicted octanol–water partition coefficient (Wildman–Crippen LogP) is 6.52. The molecule has 3 nitrogen and oxygen atoms in total. The summed E-state index contributed by atoms with van der Waals surface area (Å²) in [4.78, 5) is 12.9. The van der Waals surface area contributed by atoms with Crippen molar-refractivity contribution in [2.24, 2.45) is 0 Å². The van der Waals surface area contributed by atoms with Crippen molar-refractivity contribution in [1.29, 1.82) is 0 Å². The minimum absolute atomic E-state index is 0.358. The Balaban J connectivity index is 1.44. The molecule has 154 valence electrons. The Morgan fingerprint density at radius 1 is 0.710 bits per heavy atom. The van der Waals surface area contributed by atoms with Crippen molar-refractivity contribution in [1.82, 2.24) is 0 Å². The minimum Gasteiger partial charge on any atom is -0.489 e. The molecular weight excluding hydrogens is 384 g/mol. The van der Waals surface area contributed by atoms with E-state index < -0.39 is 6.10 Å². The topological polar surface area (TPSA) is 35.5 Å². The maximum absolute atomic E-state index is 12.9. The van der Waals surface area contributed by atoms with Gasteiger partial charge in [-0.25, -0.2) is 4.79 Å². The molecule has 31 heavy (non-hydrogen) atoms. The Kier molecular flexibility index (Phi) is 6.44. The Morgan fingerprint density at radius 3 is 1.81 bits per heavy atom. The van der Waals surface area contributed by atoms with E-state index in [1.54, 1.807) is 12.1 Å². The largest absolute Gasteiger partial charge is 0.489 e. The summed E-state index contributed by atoms with van der Waals surface area (Å²) in [5.74, 6) is 0.464. The lowest BCUT2D eigenvalue weighted by molar-refractivity contribution is 0.0378. The van der Waals surface area contributed by atoms with Gasteiger partial charge in [-0.3, -0.25) is 0 Å². The van der Waals surface area contributed by atoms with Gasteiger partial charge in [-0.05, 0) is 47.9 Å². The van der Waals surface area contributed by atoms with Crippen molar-refractivity contribution >= 4 is 5.97 Å². The van der Waals surface area contributed by atoms with Crippen LogP contribution in [-0.4, -0.2) is 5.97 Å². The Morgan fingerprint density at radius 2 is 1.26 bits per heavy atom. The number of rotatable bonds is 7. The zero-order chi connectivity index (χ0) is 21.5. The summed E-state index contributed by atoms with van der Waals surface area (Å²) in [5.41, 5.74) is 4.56. The van der Waals surface area contributed by atoms with Gasteiger partial charge in [-0.1, -0.05) is 90.5 Å². The molecule has 0 N–H and O–H groups in total. The van der Waals surface area contributed by atoms with Crippen LogP contribution < -0.4 is 4.74 Å². The van der Waals surface area contributed by atoms with Crippen LogP contribution in [0.15, 0.2) is 109 Å². The van der Waals surface area contributed by atoms with E-state index in [0.717, 1.165) is 22.4 Å². The van der Waals surface area contributed by atoms with Gasteiger partial charge in [0.2, 0.25) is 0 Å². The van der Waals surface area contributed by atoms with E-state index in [-0.39, 0.29) is 5.97 Å². The van der Waals surface area contributed by atoms with Crippen LogP contribution in [0.1, 0.15) is 38.7 Å². The SMILES string of the molecule is Cc1ccc(OCc2ccc(C(=O)OC(c3ccccc3)c3ccccc3)cc2)cc1. The second kappa shape index (κ2) is 9.77. The van der Waals surface area contributed by atoms with Gasteiger partial charge >= 0.3 is 5.97 Å². The maximum atomic E-state index is 12.9. The standard InChI is InChI=1S/C28H24O3/c1-21-12-18-26(19-13-21)30-20-22-14-16-25(17-15-22)28(29)31-27(23-8-4-2-5-9-23)24-10-6-3-7-11-24/h2-19,27H,20H2,1H3. The molecule has 0 fully saturated rings. The first-order valence-corrected chi connectivity index (χ1v) is 10.3. The summed E-state index contributed by atoms with van der Waals surface area (Å²) in [5, 5.41) is 0. The molecule has 0 aromatic heterocycles. The molecule has 0 saturated heterocycles. The molecular formula is C28H24O3. The summed E-state index contributed by atoms with van der Waals surface area (Å²) in [7, 11) is 0. The zero-order valence-electron chi connectivity index (χ0n) is 17.4. The van der Waals surface area contributed by atoms with Crippen LogP contribution in [0.25, 0.3) is 0 Å². The average Bonchev–Trinajstić information content (AvgIpc) is 2.83. The smallest absolute Gasteiger partial charge is 0.339 e. The molecule has 0 aliphatic heterocycles. The summed E-state index contributed by atoms with van der Waals surface area (Å²) in [6, 6.07) is 34.8.